The number of benzene rings is 1. The van der Waals surface area contributed by atoms with Gasteiger partial charge in [-0.3, -0.25) is 9.69 Å². The Bertz CT molecular complexity index is 631. The molecule has 142 valence electrons. The van der Waals surface area contributed by atoms with Gasteiger partial charge in [-0.05, 0) is 55.8 Å². The first-order valence-electron chi connectivity index (χ1n) is 9.59. The lowest BCUT2D eigenvalue weighted by Gasteiger charge is -2.34. The second-order valence-electron chi connectivity index (χ2n) is 7.13. The minimum Gasteiger partial charge on any atom is -0.468 e. The largest absolute Gasteiger partial charge is 0.468 e. The number of ether oxygens (including phenoxy) is 1. The maximum absolute atomic E-state index is 11.3. The Kier molecular flexibility index (Phi) is 8.08. The van der Waals surface area contributed by atoms with Gasteiger partial charge in [0.1, 0.15) is 0 Å². The summed E-state index contributed by atoms with van der Waals surface area (Å²) >= 11 is 0. The molecule has 26 heavy (non-hydrogen) atoms. The topological polar surface area (TPSA) is 56.6 Å². The van der Waals surface area contributed by atoms with Gasteiger partial charge in [-0.1, -0.05) is 19.1 Å². The summed E-state index contributed by atoms with van der Waals surface area (Å²) < 4.78 is 4.74. The molecule has 1 aromatic rings. The standard InChI is InChI=1S/C21H31N3O2/c1-4-18(19-7-8-20(15-22)17(2)14-19)6-5-9-23-10-12-24(13-11-23)16-21(25)26-3/h7-8,14,18H,4-6,9-13,16H2,1-3H3. The van der Waals surface area contributed by atoms with Crippen LogP contribution < -0.4 is 0 Å². The lowest BCUT2D eigenvalue weighted by molar-refractivity contribution is -0.142. The van der Waals surface area contributed by atoms with Crippen molar-refractivity contribution in [2.45, 2.75) is 39.0 Å². The molecule has 1 aliphatic heterocycles. The van der Waals surface area contributed by atoms with Crippen molar-refractivity contribution in [3.63, 3.8) is 0 Å². The number of carbonyl (C=O) groups excluding carboxylic acids is 1. The molecular formula is C21H31N3O2. The van der Waals surface area contributed by atoms with Crippen molar-refractivity contribution in [3.05, 3.63) is 34.9 Å². The van der Waals surface area contributed by atoms with Crippen LogP contribution in [0.15, 0.2) is 18.2 Å². The van der Waals surface area contributed by atoms with E-state index < -0.39 is 0 Å². The molecule has 1 aliphatic rings. The first-order valence-corrected chi connectivity index (χ1v) is 9.59. The number of aryl methyl sites for hydroxylation is 1. The summed E-state index contributed by atoms with van der Waals surface area (Å²) in [6.07, 6.45) is 3.47. The van der Waals surface area contributed by atoms with Crippen molar-refractivity contribution in [1.82, 2.24) is 9.80 Å². The van der Waals surface area contributed by atoms with Crippen LogP contribution in [0.25, 0.3) is 0 Å². The molecule has 1 atom stereocenters. The molecule has 0 saturated carbocycles. The Hall–Kier alpha value is -1.90. The molecule has 0 aromatic heterocycles. The number of rotatable bonds is 8. The summed E-state index contributed by atoms with van der Waals surface area (Å²) in [4.78, 5) is 16.0. The maximum atomic E-state index is 11.3. The predicted molar refractivity (Wildman–Crippen MR) is 103 cm³/mol. The third-order valence-electron chi connectivity index (χ3n) is 5.41. The number of methoxy groups -OCH3 is 1. The molecule has 0 N–H and O–H groups in total. The second-order valence-corrected chi connectivity index (χ2v) is 7.13. The Balaban J connectivity index is 1.75. The van der Waals surface area contributed by atoms with E-state index in [1.165, 1.54) is 25.5 Å². The van der Waals surface area contributed by atoms with Crippen LogP contribution in [0.5, 0.6) is 0 Å². The van der Waals surface area contributed by atoms with Crippen molar-refractivity contribution < 1.29 is 9.53 Å². The number of nitriles is 1. The average molecular weight is 357 g/mol. The SMILES string of the molecule is CCC(CCCN1CCN(CC(=O)OC)CC1)c1ccc(C#N)c(C)c1. The molecule has 1 unspecified atom stereocenters. The van der Waals surface area contributed by atoms with Gasteiger partial charge in [0.25, 0.3) is 0 Å². The molecule has 5 nitrogen and oxygen atoms in total. The number of hydrogen-bond donors (Lipinski definition) is 0. The maximum Gasteiger partial charge on any atom is 0.319 e. The average Bonchev–Trinajstić information content (AvgIpc) is 2.66. The van der Waals surface area contributed by atoms with Crippen LogP contribution in [0.2, 0.25) is 0 Å². The molecule has 1 aromatic carbocycles. The summed E-state index contributed by atoms with van der Waals surface area (Å²) in [5.74, 6) is 0.406. The van der Waals surface area contributed by atoms with Crippen LogP contribution in [0, 0.1) is 18.3 Å². The highest BCUT2D eigenvalue weighted by Gasteiger charge is 2.19. The molecule has 0 spiro atoms. The van der Waals surface area contributed by atoms with Gasteiger partial charge in [0, 0.05) is 26.2 Å². The highest BCUT2D eigenvalue weighted by molar-refractivity contribution is 5.71. The van der Waals surface area contributed by atoms with E-state index in [2.05, 4.69) is 34.9 Å². The Morgan fingerprint density at radius 3 is 2.54 bits per heavy atom. The van der Waals surface area contributed by atoms with Gasteiger partial charge >= 0.3 is 5.97 Å². The van der Waals surface area contributed by atoms with E-state index in [0.29, 0.717) is 12.5 Å². The third-order valence-corrected chi connectivity index (χ3v) is 5.41. The smallest absolute Gasteiger partial charge is 0.319 e. The highest BCUT2D eigenvalue weighted by Crippen LogP contribution is 2.26. The van der Waals surface area contributed by atoms with Crippen molar-refractivity contribution >= 4 is 5.97 Å². The summed E-state index contributed by atoms with van der Waals surface area (Å²) in [5, 5.41) is 9.09. The predicted octanol–water partition coefficient (Wildman–Crippen LogP) is 2.93. The number of hydrogen-bond acceptors (Lipinski definition) is 5. The normalized spacial score (nSPS) is 16.8. The van der Waals surface area contributed by atoms with Crippen LogP contribution in [-0.4, -0.2) is 62.1 Å². The summed E-state index contributed by atoms with van der Waals surface area (Å²) in [6, 6.07) is 8.49. The molecular weight excluding hydrogens is 326 g/mol. The Labute approximate surface area is 157 Å². The number of piperazine rings is 1. The zero-order valence-electron chi connectivity index (χ0n) is 16.3. The van der Waals surface area contributed by atoms with Crippen LogP contribution in [-0.2, 0) is 9.53 Å². The summed E-state index contributed by atoms with van der Waals surface area (Å²) in [7, 11) is 1.44. The lowest BCUT2D eigenvalue weighted by Crippen LogP contribution is -2.48. The van der Waals surface area contributed by atoms with E-state index in [1.54, 1.807) is 0 Å². The molecule has 1 saturated heterocycles. The van der Waals surface area contributed by atoms with E-state index in [1.807, 2.05) is 13.0 Å². The molecule has 2 rings (SSSR count). The summed E-state index contributed by atoms with van der Waals surface area (Å²) in [5.41, 5.74) is 3.20. The number of esters is 1. The fourth-order valence-electron chi connectivity index (χ4n) is 3.65. The van der Waals surface area contributed by atoms with Gasteiger partial charge in [0.15, 0.2) is 0 Å². The quantitative estimate of drug-likeness (QED) is 0.670. The monoisotopic (exact) mass is 357 g/mol. The molecule has 0 aliphatic carbocycles. The van der Waals surface area contributed by atoms with E-state index in [9.17, 15) is 4.79 Å². The van der Waals surface area contributed by atoms with Crippen molar-refractivity contribution in [2.75, 3.05) is 46.4 Å². The third kappa shape index (κ3) is 5.82. The minimum atomic E-state index is -0.151. The van der Waals surface area contributed by atoms with Crippen molar-refractivity contribution in [3.8, 4) is 6.07 Å². The molecule has 1 fully saturated rings. The highest BCUT2D eigenvalue weighted by atomic mass is 16.5. The zero-order valence-corrected chi connectivity index (χ0v) is 16.3. The van der Waals surface area contributed by atoms with Gasteiger partial charge in [0.2, 0.25) is 0 Å². The van der Waals surface area contributed by atoms with Crippen LogP contribution in [0.3, 0.4) is 0 Å². The van der Waals surface area contributed by atoms with Crippen LogP contribution in [0.1, 0.15) is 48.8 Å². The molecule has 0 amide bonds. The fraction of sp³-hybridized carbons (Fsp3) is 0.619. The first kappa shape index (κ1) is 20.4. The lowest BCUT2D eigenvalue weighted by atomic mass is 9.90. The summed E-state index contributed by atoms with van der Waals surface area (Å²) in [6.45, 7) is 9.67. The van der Waals surface area contributed by atoms with Gasteiger partial charge in [0.05, 0.1) is 25.3 Å². The van der Waals surface area contributed by atoms with Crippen molar-refractivity contribution in [1.29, 1.82) is 5.26 Å². The van der Waals surface area contributed by atoms with E-state index in [4.69, 9.17) is 10.00 Å². The van der Waals surface area contributed by atoms with Crippen molar-refractivity contribution in [2.24, 2.45) is 0 Å². The Morgan fingerprint density at radius 2 is 1.96 bits per heavy atom. The Morgan fingerprint density at radius 1 is 1.27 bits per heavy atom. The molecule has 1 heterocycles. The molecule has 0 bridgehead atoms. The zero-order chi connectivity index (χ0) is 18.9. The number of carbonyl (C=O) groups is 1. The van der Waals surface area contributed by atoms with Gasteiger partial charge in [-0.15, -0.1) is 0 Å². The molecule has 5 heteroatoms. The first-order chi connectivity index (χ1) is 12.6. The van der Waals surface area contributed by atoms with Gasteiger partial charge < -0.3 is 9.64 Å². The van der Waals surface area contributed by atoms with E-state index in [0.717, 1.165) is 50.3 Å². The molecule has 0 radical (unpaired) electrons. The van der Waals surface area contributed by atoms with Crippen LogP contribution >= 0.6 is 0 Å². The van der Waals surface area contributed by atoms with E-state index in [-0.39, 0.29) is 5.97 Å². The van der Waals surface area contributed by atoms with Crippen LogP contribution in [0.4, 0.5) is 0 Å². The minimum absolute atomic E-state index is 0.151. The number of nitrogens with zero attached hydrogens (tertiary/aromatic N) is 3. The van der Waals surface area contributed by atoms with Gasteiger partial charge in [-0.2, -0.15) is 5.26 Å². The fourth-order valence-corrected chi connectivity index (χ4v) is 3.65. The second kappa shape index (κ2) is 10.3. The van der Waals surface area contributed by atoms with E-state index >= 15 is 0 Å². The van der Waals surface area contributed by atoms with Gasteiger partial charge in [-0.25, -0.2) is 0 Å².